The van der Waals surface area contributed by atoms with Gasteiger partial charge in [-0.25, -0.2) is 4.39 Å². The molecule has 1 saturated carbocycles. The second-order valence-corrected chi connectivity index (χ2v) is 10.0. The number of aliphatic hydroxyl groups is 1. The maximum atomic E-state index is 16.2. The lowest BCUT2D eigenvalue weighted by Gasteiger charge is -2.32. The van der Waals surface area contributed by atoms with Crippen LogP contribution in [0.1, 0.15) is 24.0 Å². The molecular formula is C27H25FN4O4. The first-order valence-electron chi connectivity index (χ1n) is 12.2. The fraction of sp³-hybridized carbons (Fsp3) is 0.370. The molecule has 1 unspecified atom stereocenters. The lowest BCUT2D eigenvalue weighted by Crippen LogP contribution is -2.46. The number of phenols is 1. The molecule has 3 heterocycles. The highest BCUT2D eigenvalue weighted by molar-refractivity contribution is 6.04. The second-order valence-electron chi connectivity index (χ2n) is 10.0. The van der Waals surface area contributed by atoms with Crippen LogP contribution in [0, 0.1) is 11.7 Å². The van der Waals surface area contributed by atoms with Gasteiger partial charge in [0.1, 0.15) is 28.4 Å². The summed E-state index contributed by atoms with van der Waals surface area (Å²) in [6.45, 7) is 1.48. The predicted molar refractivity (Wildman–Crippen MR) is 132 cm³/mol. The van der Waals surface area contributed by atoms with Crippen molar-refractivity contribution in [2.24, 2.45) is 5.92 Å². The fourth-order valence-corrected chi connectivity index (χ4v) is 5.52. The summed E-state index contributed by atoms with van der Waals surface area (Å²) in [6.07, 6.45) is 4.34. The molecular weight excluding hydrogens is 463 g/mol. The molecule has 3 aliphatic rings. The van der Waals surface area contributed by atoms with Gasteiger partial charge in [0.05, 0.1) is 32.3 Å². The van der Waals surface area contributed by atoms with Crippen LogP contribution in [0.4, 0.5) is 10.2 Å². The van der Waals surface area contributed by atoms with Crippen LogP contribution in [0.3, 0.4) is 0 Å². The first-order chi connectivity index (χ1) is 17.4. The van der Waals surface area contributed by atoms with Gasteiger partial charge in [0, 0.05) is 18.3 Å². The van der Waals surface area contributed by atoms with E-state index in [1.165, 1.54) is 12.7 Å². The van der Waals surface area contributed by atoms with Crippen molar-refractivity contribution >= 4 is 27.5 Å². The number of rotatable bonds is 4. The van der Waals surface area contributed by atoms with Crippen LogP contribution in [0.15, 0.2) is 30.5 Å². The number of aromatic nitrogens is 3. The maximum absolute atomic E-state index is 16.2. The molecule has 7 rings (SSSR count). The minimum atomic E-state index is -0.989. The number of hydrogen-bond donors (Lipinski definition) is 2. The smallest absolute Gasteiger partial charge is 0.318 e. The van der Waals surface area contributed by atoms with E-state index in [1.54, 1.807) is 18.3 Å². The first kappa shape index (κ1) is 21.7. The molecule has 184 valence electrons. The highest BCUT2D eigenvalue weighted by Gasteiger charge is 2.46. The highest BCUT2D eigenvalue weighted by Crippen LogP contribution is 2.44. The fourth-order valence-electron chi connectivity index (χ4n) is 5.52. The van der Waals surface area contributed by atoms with E-state index >= 15 is 4.39 Å². The zero-order valence-corrected chi connectivity index (χ0v) is 19.8. The molecule has 1 aliphatic heterocycles. The lowest BCUT2D eigenvalue weighted by atomic mass is 9.98. The Hall–Kier alpha value is -3.56. The van der Waals surface area contributed by atoms with Crippen LogP contribution in [-0.2, 0) is 11.2 Å². The maximum Gasteiger partial charge on any atom is 0.318 e. The lowest BCUT2D eigenvalue weighted by molar-refractivity contribution is -0.0417. The quantitative estimate of drug-likeness (QED) is 0.396. The van der Waals surface area contributed by atoms with E-state index in [2.05, 4.69) is 15.0 Å². The molecule has 9 heteroatoms. The summed E-state index contributed by atoms with van der Waals surface area (Å²) in [7, 11) is 1.44. The number of halogens is 1. The van der Waals surface area contributed by atoms with E-state index in [9.17, 15) is 10.2 Å². The normalized spacial score (nSPS) is 21.5. The van der Waals surface area contributed by atoms with Crippen molar-refractivity contribution in [2.75, 3.05) is 38.3 Å². The molecule has 2 aromatic heterocycles. The minimum absolute atomic E-state index is 0.0294. The van der Waals surface area contributed by atoms with Gasteiger partial charge in [-0.15, -0.1) is 0 Å². The number of ether oxygens (including phenoxy) is 2. The van der Waals surface area contributed by atoms with Crippen LogP contribution in [-0.4, -0.2) is 64.2 Å². The van der Waals surface area contributed by atoms with E-state index < -0.39 is 11.4 Å². The van der Waals surface area contributed by atoms with Crippen molar-refractivity contribution in [2.45, 2.75) is 24.9 Å². The summed E-state index contributed by atoms with van der Waals surface area (Å²) < 4.78 is 27.3. The van der Waals surface area contributed by atoms with Gasteiger partial charge in [0.25, 0.3) is 0 Å². The molecule has 0 spiro atoms. The van der Waals surface area contributed by atoms with Crippen molar-refractivity contribution in [1.29, 1.82) is 0 Å². The Labute approximate surface area is 206 Å². The van der Waals surface area contributed by atoms with Gasteiger partial charge >= 0.3 is 6.01 Å². The Morgan fingerprint density at radius 2 is 2.08 bits per heavy atom. The largest absolute Gasteiger partial charge is 0.508 e. The Balaban J connectivity index is 1.41. The van der Waals surface area contributed by atoms with E-state index in [0.29, 0.717) is 36.5 Å². The molecule has 2 aromatic carbocycles. The van der Waals surface area contributed by atoms with Gasteiger partial charge in [-0.05, 0) is 59.2 Å². The number of benzene rings is 2. The number of fused-ring (bicyclic) bond motifs is 4. The Morgan fingerprint density at radius 3 is 2.89 bits per heavy atom. The predicted octanol–water partition coefficient (Wildman–Crippen LogP) is 3.58. The van der Waals surface area contributed by atoms with E-state index in [4.69, 9.17) is 9.47 Å². The Morgan fingerprint density at radius 1 is 1.22 bits per heavy atom. The van der Waals surface area contributed by atoms with Gasteiger partial charge < -0.3 is 24.6 Å². The molecule has 0 radical (unpaired) electrons. The van der Waals surface area contributed by atoms with Crippen molar-refractivity contribution in [3.05, 3.63) is 47.4 Å². The van der Waals surface area contributed by atoms with E-state index in [0.717, 1.165) is 35.6 Å². The van der Waals surface area contributed by atoms with Crippen molar-refractivity contribution < 1.29 is 24.1 Å². The van der Waals surface area contributed by atoms with Crippen molar-refractivity contribution in [3.8, 4) is 23.0 Å². The summed E-state index contributed by atoms with van der Waals surface area (Å²) in [6, 6.07) is 7.24. The average molecular weight is 489 g/mol. The SMILES string of the molecule is COc1nc(N2CCOCC(O)(C3CC3)C2)c2cnc(-c3cc(O)cc4ccc5c(c34)C5)c(F)c2n1. The van der Waals surface area contributed by atoms with Crippen LogP contribution >= 0.6 is 0 Å². The summed E-state index contributed by atoms with van der Waals surface area (Å²) in [5.41, 5.74) is 2.10. The van der Waals surface area contributed by atoms with Gasteiger partial charge in [0.2, 0.25) is 0 Å². The first-order valence-corrected chi connectivity index (χ1v) is 12.2. The van der Waals surface area contributed by atoms with E-state index in [1.807, 2.05) is 17.0 Å². The van der Waals surface area contributed by atoms with Gasteiger partial charge in [-0.1, -0.05) is 12.1 Å². The standard InChI is InChI=1S/C27H25FN4O4/c1-35-26-30-24-20(25(31-26)32-6-7-36-13-27(34,12-32)16-4-5-16)11-29-23(22(24)28)19-10-17(33)8-15-3-2-14-9-18(14)21(15)19/h2-3,8,10-11,16,33-34H,4-7,9,12-13H2,1H3. The molecule has 0 amide bonds. The summed E-state index contributed by atoms with van der Waals surface area (Å²) in [4.78, 5) is 15.3. The van der Waals surface area contributed by atoms with Crippen molar-refractivity contribution in [1.82, 2.24) is 15.0 Å². The third kappa shape index (κ3) is 3.37. The monoisotopic (exact) mass is 488 g/mol. The van der Waals surface area contributed by atoms with Gasteiger partial charge in [-0.3, -0.25) is 4.98 Å². The highest BCUT2D eigenvalue weighted by atomic mass is 19.1. The van der Waals surface area contributed by atoms with Crippen LogP contribution in [0.25, 0.3) is 32.9 Å². The summed E-state index contributed by atoms with van der Waals surface area (Å²) in [5.74, 6) is 0.0713. The summed E-state index contributed by atoms with van der Waals surface area (Å²) in [5, 5.41) is 23.8. The summed E-state index contributed by atoms with van der Waals surface area (Å²) >= 11 is 0. The third-order valence-electron chi connectivity index (χ3n) is 7.59. The molecule has 2 N–H and O–H groups in total. The molecule has 2 aliphatic carbocycles. The van der Waals surface area contributed by atoms with E-state index in [-0.39, 0.29) is 35.5 Å². The number of nitrogens with zero attached hydrogens (tertiary/aromatic N) is 4. The molecule has 1 saturated heterocycles. The number of hydrogen-bond acceptors (Lipinski definition) is 8. The van der Waals surface area contributed by atoms with Gasteiger partial charge in [0.15, 0.2) is 5.82 Å². The van der Waals surface area contributed by atoms with Crippen molar-refractivity contribution in [3.63, 3.8) is 0 Å². The average Bonchev–Trinajstić information content (AvgIpc) is 3.76. The minimum Gasteiger partial charge on any atom is -0.508 e. The zero-order valence-electron chi connectivity index (χ0n) is 19.8. The second kappa shape index (κ2) is 7.72. The number of phenolic OH excluding ortho intramolecular Hbond substituents is 1. The number of pyridine rings is 1. The van der Waals surface area contributed by atoms with Crippen LogP contribution in [0.2, 0.25) is 0 Å². The molecule has 1 atom stereocenters. The van der Waals surface area contributed by atoms with Crippen LogP contribution < -0.4 is 9.64 Å². The number of aromatic hydroxyl groups is 1. The molecule has 8 nitrogen and oxygen atoms in total. The number of β-amino-alcohol motifs (C(OH)–C–C–N with tert-alkyl or cyclic N) is 1. The topological polar surface area (TPSA) is 101 Å². The van der Waals surface area contributed by atoms with Gasteiger partial charge in [-0.2, -0.15) is 9.97 Å². The molecule has 36 heavy (non-hydrogen) atoms. The molecule has 4 aromatic rings. The number of methoxy groups -OCH3 is 1. The zero-order chi connectivity index (χ0) is 24.6. The van der Waals surface area contributed by atoms with Crippen LogP contribution in [0.5, 0.6) is 11.8 Å². The Bertz CT molecular complexity index is 1560. The number of anilines is 1. The molecule has 0 bridgehead atoms. The third-order valence-corrected chi connectivity index (χ3v) is 7.59. The molecule has 2 fully saturated rings. The Kier molecular flexibility index (Phi) is 4.65.